The Morgan fingerprint density at radius 2 is 0.948 bits per heavy atom. The van der Waals surface area contributed by atoms with E-state index in [2.05, 4.69) is 203 Å². The predicted octanol–water partition coefficient (Wildman–Crippen LogP) is 15.6. The second-order valence-corrected chi connectivity index (χ2v) is 16.8. The van der Waals surface area contributed by atoms with E-state index < -0.39 is 0 Å². The van der Waals surface area contributed by atoms with Crippen molar-refractivity contribution in [2.45, 2.75) is 6.42 Å². The molecule has 0 N–H and O–H groups in total. The lowest BCUT2D eigenvalue weighted by Crippen LogP contribution is -2.10. The van der Waals surface area contributed by atoms with Crippen LogP contribution >= 0.6 is 11.3 Å². The van der Waals surface area contributed by atoms with Crippen molar-refractivity contribution in [3.05, 3.63) is 205 Å². The van der Waals surface area contributed by atoms with E-state index in [1.54, 1.807) is 0 Å². The van der Waals surface area contributed by atoms with Crippen LogP contribution in [0, 0.1) is 0 Å². The Kier molecular flexibility index (Phi) is 6.69. The zero-order chi connectivity index (χ0) is 37.9. The zero-order valence-corrected chi connectivity index (χ0v) is 32.3. The van der Waals surface area contributed by atoms with Crippen LogP contribution in [-0.4, -0.2) is 4.40 Å². The van der Waals surface area contributed by atoms with Gasteiger partial charge >= 0.3 is 0 Å². The van der Waals surface area contributed by atoms with Crippen LogP contribution in [0.3, 0.4) is 0 Å². The van der Waals surface area contributed by atoms with E-state index in [1.807, 2.05) is 11.3 Å². The first kappa shape index (κ1) is 31.9. The summed E-state index contributed by atoms with van der Waals surface area (Å²) in [6, 6.07) is 72.1. The number of para-hydroxylation sites is 3. The maximum atomic E-state index is 2.51. The van der Waals surface area contributed by atoms with Gasteiger partial charge in [-0.25, -0.2) is 0 Å². The third-order valence-corrected chi connectivity index (χ3v) is 13.7. The van der Waals surface area contributed by atoms with Gasteiger partial charge in [0.15, 0.2) is 0 Å². The van der Waals surface area contributed by atoms with Crippen molar-refractivity contribution in [1.29, 1.82) is 0 Å². The van der Waals surface area contributed by atoms with Crippen LogP contribution in [0.15, 0.2) is 194 Å². The molecule has 3 heterocycles. The molecule has 270 valence electrons. The quantitative estimate of drug-likeness (QED) is 0.170. The summed E-state index contributed by atoms with van der Waals surface area (Å²) in [6.45, 7) is 0. The van der Waals surface area contributed by atoms with Gasteiger partial charge in [0.2, 0.25) is 0 Å². The van der Waals surface area contributed by atoms with Gasteiger partial charge in [0.25, 0.3) is 0 Å². The lowest BCUT2D eigenvalue weighted by atomic mass is 9.97. The Morgan fingerprint density at radius 1 is 0.362 bits per heavy atom. The maximum absolute atomic E-state index is 2.51. The van der Waals surface area contributed by atoms with Gasteiger partial charge in [0.1, 0.15) is 0 Å². The first-order chi connectivity index (χ1) is 28.7. The van der Waals surface area contributed by atoms with E-state index in [9.17, 15) is 0 Å². The molecule has 1 aliphatic rings. The van der Waals surface area contributed by atoms with Gasteiger partial charge in [-0.05, 0) is 100.0 Å². The number of thiophene rings is 1. The molecule has 13 rings (SSSR count). The highest BCUT2D eigenvalue weighted by Gasteiger charge is 2.24. The highest BCUT2D eigenvalue weighted by Crippen LogP contribution is 2.47. The molecule has 0 spiro atoms. The molecule has 0 saturated carbocycles. The molecule has 3 aromatic heterocycles. The Hall–Kier alpha value is -7.20. The second kappa shape index (κ2) is 12.1. The Labute approximate surface area is 339 Å². The maximum Gasteiger partial charge on any atom is 0.0620 e. The van der Waals surface area contributed by atoms with Gasteiger partial charge in [-0.2, -0.15) is 0 Å². The van der Waals surface area contributed by atoms with E-state index in [0.29, 0.717) is 0 Å². The summed E-state index contributed by atoms with van der Waals surface area (Å²) in [5, 5.41) is 7.87. The van der Waals surface area contributed by atoms with Gasteiger partial charge in [-0.15, -0.1) is 11.3 Å². The molecule has 0 unspecified atom stereocenters. The SMILES string of the molecule is c1ccc(-c2ccc(N(c3ccc4c(c3)Cc3cc(-c5cccc6c7cccc8c9ccccc9n(c56)c87)ccc3-4)c3ccc4sc5ccccc5c4c3)cc2)cc1. The topological polar surface area (TPSA) is 7.65 Å². The number of rotatable bonds is 5. The van der Waals surface area contributed by atoms with Crippen LogP contribution in [0.4, 0.5) is 17.1 Å². The number of benzene rings is 9. The molecule has 0 atom stereocenters. The standard InChI is InChI=1S/C55H34N2S/c1-2-10-34(11-3-1)35-20-23-39(24-21-35)56(41-26-29-53-50(33-41)46-13-5-7-19-52(46)58-53)40-25-28-43-38(32-40)31-37-30-36(22-27-42(37)43)44-14-8-16-48-49-17-9-15-47-45-12-4-6-18-51(45)57(54(44)48)55(47)49/h1-30,32-33H,31H2. The van der Waals surface area contributed by atoms with Gasteiger partial charge in [-0.1, -0.05) is 140 Å². The lowest BCUT2D eigenvalue weighted by molar-refractivity contribution is 1.23. The van der Waals surface area contributed by atoms with Crippen LogP contribution in [0.25, 0.3) is 91.6 Å². The number of hydrogen-bond donors (Lipinski definition) is 0. The van der Waals surface area contributed by atoms with Crippen molar-refractivity contribution in [2.24, 2.45) is 0 Å². The number of fused-ring (bicyclic) bond motifs is 12. The minimum Gasteiger partial charge on any atom is -0.310 e. The van der Waals surface area contributed by atoms with Crippen LogP contribution in [0.5, 0.6) is 0 Å². The van der Waals surface area contributed by atoms with Gasteiger partial charge in [-0.3, -0.25) is 0 Å². The number of nitrogens with zero attached hydrogens (tertiary/aromatic N) is 2. The van der Waals surface area contributed by atoms with Crippen molar-refractivity contribution in [3.63, 3.8) is 0 Å². The van der Waals surface area contributed by atoms with E-state index in [-0.39, 0.29) is 0 Å². The Morgan fingerprint density at radius 3 is 1.81 bits per heavy atom. The summed E-state index contributed by atoms with van der Waals surface area (Å²) in [4.78, 5) is 2.43. The minimum atomic E-state index is 0.896. The summed E-state index contributed by atoms with van der Waals surface area (Å²) < 4.78 is 5.14. The smallest absolute Gasteiger partial charge is 0.0620 e. The largest absolute Gasteiger partial charge is 0.310 e. The molecule has 0 fully saturated rings. The summed E-state index contributed by atoms with van der Waals surface area (Å²) in [5.41, 5.74) is 17.7. The van der Waals surface area contributed by atoms with E-state index in [0.717, 1.165) is 17.8 Å². The van der Waals surface area contributed by atoms with Gasteiger partial charge in [0.05, 0.1) is 16.6 Å². The average Bonchev–Trinajstić information content (AvgIpc) is 4.03. The van der Waals surface area contributed by atoms with Crippen molar-refractivity contribution >= 4 is 86.7 Å². The first-order valence-corrected chi connectivity index (χ1v) is 20.9. The highest BCUT2D eigenvalue weighted by atomic mass is 32.1. The molecule has 2 nitrogen and oxygen atoms in total. The third kappa shape index (κ3) is 4.59. The molecular formula is C55H34N2S. The van der Waals surface area contributed by atoms with Crippen molar-refractivity contribution in [3.8, 4) is 33.4 Å². The summed E-state index contributed by atoms with van der Waals surface area (Å²) in [6.07, 6.45) is 0.896. The molecule has 9 aromatic carbocycles. The fourth-order valence-corrected chi connectivity index (χ4v) is 11.0. The molecule has 0 amide bonds. The summed E-state index contributed by atoms with van der Waals surface area (Å²) >= 11 is 1.87. The monoisotopic (exact) mass is 754 g/mol. The second-order valence-electron chi connectivity index (χ2n) is 15.7. The molecule has 3 heteroatoms. The fraction of sp³-hybridized carbons (Fsp3) is 0.0182. The van der Waals surface area contributed by atoms with Gasteiger partial charge in [0, 0.05) is 64.3 Å². The highest BCUT2D eigenvalue weighted by molar-refractivity contribution is 7.25. The number of aromatic nitrogens is 1. The molecule has 1 aliphatic carbocycles. The van der Waals surface area contributed by atoms with E-state index >= 15 is 0 Å². The molecule has 0 aliphatic heterocycles. The molecular weight excluding hydrogens is 721 g/mol. The Bertz CT molecular complexity index is 3590. The zero-order valence-electron chi connectivity index (χ0n) is 31.5. The Balaban J connectivity index is 0.927. The molecule has 0 radical (unpaired) electrons. The normalized spacial score (nSPS) is 12.4. The first-order valence-electron chi connectivity index (χ1n) is 20.0. The third-order valence-electron chi connectivity index (χ3n) is 12.5. The summed E-state index contributed by atoms with van der Waals surface area (Å²) in [5.74, 6) is 0. The van der Waals surface area contributed by atoms with Crippen LogP contribution in [0.2, 0.25) is 0 Å². The van der Waals surface area contributed by atoms with Crippen LogP contribution in [-0.2, 0) is 6.42 Å². The molecule has 0 bridgehead atoms. The number of anilines is 3. The van der Waals surface area contributed by atoms with Crippen LogP contribution < -0.4 is 4.90 Å². The van der Waals surface area contributed by atoms with Crippen LogP contribution in [0.1, 0.15) is 11.1 Å². The molecule has 58 heavy (non-hydrogen) atoms. The number of hydrogen-bond acceptors (Lipinski definition) is 2. The van der Waals surface area contributed by atoms with Crippen molar-refractivity contribution < 1.29 is 0 Å². The van der Waals surface area contributed by atoms with Gasteiger partial charge < -0.3 is 9.30 Å². The average molecular weight is 755 g/mol. The molecule has 12 aromatic rings. The van der Waals surface area contributed by atoms with Crippen molar-refractivity contribution in [1.82, 2.24) is 4.40 Å². The lowest BCUT2D eigenvalue weighted by Gasteiger charge is -2.26. The predicted molar refractivity (Wildman–Crippen MR) is 248 cm³/mol. The fourth-order valence-electron chi connectivity index (χ4n) is 9.94. The van der Waals surface area contributed by atoms with E-state index in [4.69, 9.17) is 0 Å². The summed E-state index contributed by atoms with van der Waals surface area (Å²) in [7, 11) is 0. The minimum absolute atomic E-state index is 0.896. The molecule has 0 saturated heterocycles. The van der Waals surface area contributed by atoms with Crippen molar-refractivity contribution in [2.75, 3.05) is 4.90 Å². The van der Waals surface area contributed by atoms with E-state index in [1.165, 1.54) is 108 Å².